The quantitative estimate of drug-likeness (QED) is 0.636. The van der Waals surface area contributed by atoms with Crippen LogP contribution in [0.4, 0.5) is 11.4 Å². The van der Waals surface area contributed by atoms with Crippen molar-refractivity contribution in [1.82, 2.24) is 0 Å². The second-order valence-electron chi connectivity index (χ2n) is 3.47. The van der Waals surface area contributed by atoms with Crippen molar-refractivity contribution in [3.05, 3.63) is 18.2 Å². The molecule has 1 aromatic rings. The van der Waals surface area contributed by atoms with Gasteiger partial charge < -0.3 is 10.6 Å². The summed E-state index contributed by atoms with van der Waals surface area (Å²) in [5.74, 6) is 0.167. The Morgan fingerprint density at radius 3 is 2.86 bits per heavy atom. The predicted molar refractivity (Wildman–Crippen MR) is 56.2 cm³/mol. The lowest BCUT2D eigenvalue weighted by Crippen LogP contribution is -2.32. The monoisotopic (exact) mass is 212 g/mol. The highest BCUT2D eigenvalue weighted by atomic mass is 32.2. The second kappa shape index (κ2) is 2.88. The number of nitrogens with zero attached hydrogens (tertiary/aromatic N) is 1. The van der Waals surface area contributed by atoms with Crippen molar-refractivity contribution >= 4 is 21.2 Å². The van der Waals surface area contributed by atoms with Crippen LogP contribution in [0.25, 0.3) is 0 Å². The molecule has 0 fully saturated rings. The van der Waals surface area contributed by atoms with Gasteiger partial charge in [-0.05, 0) is 18.2 Å². The molecular formula is C9H12N2O2S. The van der Waals surface area contributed by atoms with Crippen LogP contribution < -0.4 is 10.6 Å². The summed E-state index contributed by atoms with van der Waals surface area (Å²) in [6, 6.07) is 5.00. The number of benzene rings is 1. The molecule has 4 nitrogen and oxygen atoms in total. The van der Waals surface area contributed by atoms with Gasteiger partial charge in [-0.3, -0.25) is 0 Å². The molecule has 0 saturated heterocycles. The Morgan fingerprint density at radius 1 is 1.43 bits per heavy atom. The van der Waals surface area contributed by atoms with E-state index >= 15 is 0 Å². The molecule has 0 amide bonds. The molecule has 0 saturated carbocycles. The topological polar surface area (TPSA) is 63.4 Å². The number of rotatable bonds is 0. The third kappa shape index (κ3) is 1.33. The minimum Gasteiger partial charge on any atom is -0.399 e. The molecule has 0 atom stereocenters. The van der Waals surface area contributed by atoms with E-state index in [9.17, 15) is 8.42 Å². The van der Waals surface area contributed by atoms with Gasteiger partial charge in [0.05, 0.1) is 16.3 Å². The lowest BCUT2D eigenvalue weighted by Gasteiger charge is -2.27. The van der Waals surface area contributed by atoms with Gasteiger partial charge in [0.15, 0.2) is 9.84 Å². The molecule has 0 unspecified atom stereocenters. The highest BCUT2D eigenvalue weighted by Crippen LogP contribution is 2.30. The standard InChI is InChI=1S/C9H12N2O2S/c1-11-4-5-14(12,13)9-6-7(10)2-3-8(9)11/h2-3,6H,4-5,10H2,1H3. The van der Waals surface area contributed by atoms with Crippen molar-refractivity contribution in [2.45, 2.75) is 4.90 Å². The van der Waals surface area contributed by atoms with Crippen LogP contribution in [0.1, 0.15) is 0 Å². The van der Waals surface area contributed by atoms with Crippen LogP contribution in [0.2, 0.25) is 0 Å². The fraction of sp³-hybridized carbons (Fsp3) is 0.333. The van der Waals surface area contributed by atoms with Crippen molar-refractivity contribution in [1.29, 1.82) is 0 Å². The van der Waals surface area contributed by atoms with Gasteiger partial charge in [-0.1, -0.05) is 0 Å². The molecule has 76 valence electrons. The number of anilines is 2. The van der Waals surface area contributed by atoms with Crippen LogP contribution in [0.5, 0.6) is 0 Å². The van der Waals surface area contributed by atoms with Crippen LogP contribution in [0.15, 0.2) is 23.1 Å². The first-order valence-corrected chi connectivity index (χ1v) is 5.99. The smallest absolute Gasteiger partial charge is 0.182 e. The number of nitrogens with two attached hydrogens (primary N) is 1. The van der Waals surface area contributed by atoms with Gasteiger partial charge >= 0.3 is 0 Å². The lowest BCUT2D eigenvalue weighted by atomic mass is 10.2. The van der Waals surface area contributed by atoms with Gasteiger partial charge in [0, 0.05) is 19.3 Å². The van der Waals surface area contributed by atoms with Crippen LogP contribution in [0, 0.1) is 0 Å². The largest absolute Gasteiger partial charge is 0.399 e. The number of fused-ring (bicyclic) bond motifs is 1. The first-order valence-electron chi connectivity index (χ1n) is 4.34. The summed E-state index contributed by atoms with van der Waals surface area (Å²) in [4.78, 5) is 2.28. The van der Waals surface area contributed by atoms with Crippen molar-refractivity contribution < 1.29 is 8.42 Å². The van der Waals surface area contributed by atoms with Gasteiger partial charge in [-0.25, -0.2) is 8.42 Å². The Kier molecular flexibility index (Phi) is 1.92. The minimum absolute atomic E-state index is 0.167. The molecule has 14 heavy (non-hydrogen) atoms. The molecule has 0 aliphatic carbocycles. The average molecular weight is 212 g/mol. The third-order valence-electron chi connectivity index (χ3n) is 2.43. The third-order valence-corrected chi connectivity index (χ3v) is 4.14. The van der Waals surface area contributed by atoms with Crippen molar-refractivity contribution in [3.8, 4) is 0 Å². The van der Waals surface area contributed by atoms with E-state index in [1.54, 1.807) is 12.1 Å². The van der Waals surface area contributed by atoms with Crippen LogP contribution in [0.3, 0.4) is 0 Å². The Morgan fingerprint density at radius 2 is 2.14 bits per heavy atom. The molecule has 0 radical (unpaired) electrons. The van der Waals surface area contributed by atoms with E-state index in [4.69, 9.17) is 5.73 Å². The lowest BCUT2D eigenvalue weighted by molar-refractivity contribution is 0.591. The molecule has 0 aromatic heterocycles. The normalized spacial score (nSPS) is 19.1. The van der Waals surface area contributed by atoms with Crippen LogP contribution >= 0.6 is 0 Å². The molecule has 5 heteroatoms. The Hall–Kier alpha value is -1.23. The molecule has 0 bridgehead atoms. The fourth-order valence-corrected chi connectivity index (χ4v) is 3.17. The molecular weight excluding hydrogens is 200 g/mol. The summed E-state index contributed by atoms with van der Waals surface area (Å²) in [5, 5.41) is 0. The van der Waals surface area contributed by atoms with Crippen molar-refractivity contribution in [2.75, 3.05) is 30.0 Å². The average Bonchev–Trinajstić information content (AvgIpc) is 2.12. The SMILES string of the molecule is CN1CCS(=O)(=O)c2cc(N)ccc21. The maximum absolute atomic E-state index is 11.7. The molecule has 1 aliphatic heterocycles. The summed E-state index contributed by atoms with van der Waals surface area (Å²) in [6.07, 6.45) is 0. The summed E-state index contributed by atoms with van der Waals surface area (Å²) in [7, 11) is -1.24. The summed E-state index contributed by atoms with van der Waals surface area (Å²) in [6.45, 7) is 0.541. The van der Waals surface area contributed by atoms with E-state index in [0.29, 0.717) is 17.1 Å². The van der Waals surface area contributed by atoms with Crippen LogP contribution in [-0.4, -0.2) is 27.8 Å². The molecule has 0 spiro atoms. The maximum atomic E-state index is 11.7. The van der Waals surface area contributed by atoms with Gasteiger partial charge in [0.2, 0.25) is 0 Å². The zero-order chi connectivity index (χ0) is 10.3. The highest BCUT2D eigenvalue weighted by Gasteiger charge is 2.26. The zero-order valence-corrected chi connectivity index (χ0v) is 8.71. The highest BCUT2D eigenvalue weighted by molar-refractivity contribution is 7.91. The predicted octanol–water partition coefficient (Wildman–Crippen LogP) is 0.492. The number of hydrogen-bond donors (Lipinski definition) is 1. The van der Waals surface area contributed by atoms with E-state index in [1.165, 1.54) is 6.07 Å². The number of hydrogen-bond acceptors (Lipinski definition) is 4. The van der Waals surface area contributed by atoms with E-state index in [-0.39, 0.29) is 5.75 Å². The van der Waals surface area contributed by atoms with Gasteiger partial charge in [0.1, 0.15) is 0 Å². The van der Waals surface area contributed by atoms with E-state index in [2.05, 4.69) is 0 Å². The van der Waals surface area contributed by atoms with Gasteiger partial charge in [-0.2, -0.15) is 0 Å². The Bertz CT molecular complexity index is 468. The maximum Gasteiger partial charge on any atom is 0.182 e. The van der Waals surface area contributed by atoms with E-state index < -0.39 is 9.84 Å². The first kappa shape index (κ1) is 9.33. The summed E-state index contributed by atoms with van der Waals surface area (Å²) in [5.41, 5.74) is 6.80. The van der Waals surface area contributed by atoms with Crippen molar-refractivity contribution in [2.24, 2.45) is 0 Å². The second-order valence-corrected chi connectivity index (χ2v) is 5.55. The Labute approximate surface area is 83.2 Å². The summed E-state index contributed by atoms with van der Waals surface area (Å²) >= 11 is 0. The Balaban J connectivity index is 2.70. The molecule has 2 rings (SSSR count). The van der Waals surface area contributed by atoms with Crippen molar-refractivity contribution in [3.63, 3.8) is 0 Å². The molecule has 1 aromatic carbocycles. The van der Waals surface area contributed by atoms with Gasteiger partial charge in [-0.15, -0.1) is 0 Å². The number of nitrogen functional groups attached to an aromatic ring is 1. The first-order chi connectivity index (χ1) is 6.50. The molecule has 1 aliphatic rings. The zero-order valence-electron chi connectivity index (χ0n) is 7.90. The van der Waals surface area contributed by atoms with E-state index in [1.807, 2.05) is 11.9 Å². The molecule has 1 heterocycles. The van der Waals surface area contributed by atoms with Crippen LogP contribution in [-0.2, 0) is 9.84 Å². The summed E-state index contributed by atoms with van der Waals surface area (Å²) < 4.78 is 23.4. The van der Waals surface area contributed by atoms with Gasteiger partial charge in [0.25, 0.3) is 0 Å². The van der Waals surface area contributed by atoms with E-state index in [0.717, 1.165) is 5.69 Å². The fourth-order valence-electron chi connectivity index (χ4n) is 1.58. The number of sulfone groups is 1. The minimum atomic E-state index is -3.12. The molecule has 2 N–H and O–H groups in total.